The normalized spacial score (nSPS) is 19.7. The number of ketones is 1. The van der Waals surface area contributed by atoms with Crippen molar-refractivity contribution in [3.05, 3.63) is 0 Å². The molecular formula is C13H20ClNO3S2. The Balaban J connectivity index is 2.67. The average molecular weight is 338 g/mol. The highest BCUT2D eigenvalue weighted by atomic mass is 35.5. The van der Waals surface area contributed by atoms with E-state index in [-0.39, 0.29) is 23.7 Å². The Morgan fingerprint density at radius 1 is 1.40 bits per heavy atom. The van der Waals surface area contributed by atoms with E-state index in [1.165, 1.54) is 23.5 Å². The minimum absolute atomic E-state index is 0.0257. The first-order valence-electron chi connectivity index (χ1n) is 6.27. The smallest absolute Gasteiger partial charge is 0.322 e. The predicted octanol–water partition coefficient (Wildman–Crippen LogP) is 3.12. The molecule has 1 aliphatic heterocycles. The SMILES string of the molecule is CC(C)(C)OC(=O)C(C)(C)SC1=NC(C(=O)CCl)CS1. The van der Waals surface area contributed by atoms with Crippen LogP contribution in [0.15, 0.2) is 4.99 Å². The summed E-state index contributed by atoms with van der Waals surface area (Å²) in [5, 5.41) is 0. The predicted molar refractivity (Wildman–Crippen MR) is 86.9 cm³/mol. The third kappa shape index (κ3) is 5.30. The summed E-state index contributed by atoms with van der Waals surface area (Å²) in [4.78, 5) is 28.0. The Bertz CT molecular complexity index is 430. The van der Waals surface area contributed by atoms with E-state index in [9.17, 15) is 9.59 Å². The molecular weight excluding hydrogens is 318 g/mol. The fourth-order valence-electron chi connectivity index (χ4n) is 1.32. The van der Waals surface area contributed by atoms with Gasteiger partial charge in [0.2, 0.25) is 0 Å². The summed E-state index contributed by atoms with van der Waals surface area (Å²) in [5.41, 5.74) is -0.517. The highest BCUT2D eigenvalue weighted by Crippen LogP contribution is 2.36. The zero-order valence-corrected chi connectivity index (χ0v) is 14.7. The summed E-state index contributed by atoms with van der Waals surface area (Å²) in [7, 11) is 0. The van der Waals surface area contributed by atoms with Crippen LogP contribution in [0.4, 0.5) is 0 Å². The van der Waals surface area contributed by atoms with E-state index in [4.69, 9.17) is 16.3 Å². The summed E-state index contributed by atoms with van der Waals surface area (Å²) in [6.45, 7) is 9.10. The van der Waals surface area contributed by atoms with Crippen LogP contribution < -0.4 is 0 Å². The number of alkyl halides is 1. The molecule has 0 saturated carbocycles. The molecule has 0 spiro atoms. The molecule has 0 radical (unpaired) electrons. The summed E-state index contributed by atoms with van der Waals surface area (Å²) >= 11 is 8.34. The standard InChI is InChI=1S/C13H20ClNO3S2/c1-12(2,3)18-10(17)13(4,5)20-11-15-8(7-19-11)9(16)6-14/h8H,6-7H2,1-5H3. The molecule has 1 atom stereocenters. The number of esters is 1. The number of carbonyl (C=O) groups is 2. The Morgan fingerprint density at radius 3 is 2.50 bits per heavy atom. The molecule has 0 aromatic heterocycles. The van der Waals surface area contributed by atoms with Crippen molar-refractivity contribution in [1.82, 2.24) is 0 Å². The van der Waals surface area contributed by atoms with E-state index in [1.54, 1.807) is 13.8 Å². The lowest BCUT2D eigenvalue weighted by Gasteiger charge is -2.27. The molecule has 4 nitrogen and oxygen atoms in total. The molecule has 0 amide bonds. The first-order chi connectivity index (χ1) is 9.05. The van der Waals surface area contributed by atoms with Crippen LogP contribution in [-0.4, -0.2) is 44.2 Å². The van der Waals surface area contributed by atoms with Crippen LogP contribution in [0.3, 0.4) is 0 Å². The van der Waals surface area contributed by atoms with Crippen LogP contribution in [0.5, 0.6) is 0 Å². The monoisotopic (exact) mass is 337 g/mol. The lowest BCUT2D eigenvalue weighted by molar-refractivity contribution is -0.156. The number of rotatable bonds is 4. The van der Waals surface area contributed by atoms with Gasteiger partial charge in [-0.25, -0.2) is 0 Å². The van der Waals surface area contributed by atoms with Gasteiger partial charge < -0.3 is 4.74 Å². The van der Waals surface area contributed by atoms with Crippen LogP contribution in [0.1, 0.15) is 34.6 Å². The number of ether oxygens (including phenoxy) is 1. The van der Waals surface area contributed by atoms with Crippen LogP contribution in [0, 0.1) is 0 Å². The maximum atomic E-state index is 12.1. The van der Waals surface area contributed by atoms with E-state index >= 15 is 0 Å². The van der Waals surface area contributed by atoms with Gasteiger partial charge in [-0.15, -0.1) is 11.6 Å². The molecule has 1 rings (SSSR count). The van der Waals surface area contributed by atoms with Crippen LogP contribution in [0.25, 0.3) is 0 Å². The summed E-state index contributed by atoms with van der Waals surface area (Å²) < 4.78 is 5.40. The van der Waals surface area contributed by atoms with Gasteiger partial charge in [-0.05, 0) is 34.6 Å². The number of nitrogens with zero attached hydrogens (tertiary/aromatic N) is 1. The molecule has 114 valence electrons. The molecule has 1 aliphatic rings. The van der Waals surface area contributed by atoms with Crippen LogP contribution >= 0.6 is 35.1 Å². The maximum absolute atomic E-state index is 12.1. The van der Waals surface area contributed by atoms with Crippen molar-refractivity contribution < 1.29 is 14.3 Å². The third-order valence-corrected chi connectivity index (χ3v) is 5.02. The van der Waals surface area contributed by atoms with Gasteiger partial charge in [0.05, 0.1) is 5.88 Å². The number of hydrogen-bond acceptors (Lipinski definition) is 6. The second-order valence-corrected chi connectivity index (χ2v) is 9.08. The van der Waals surface area contributed by atoms with Gasteiger partial charge in [0.25, 0.3) is 0 Å². The molecule has 1 unspecified atom stereocenters. The van der Waals surface area contributed by atoms with E-state index in [1.807, 2.05) is 20.8 Å². The highest BCUT2D eigenvalue weighted by Gasteiger charge is 2.37. The minimum Gasteiger partial charge on any atom is -0.459 e. The van der Waals surface area contributed by atoms with E-state index in [0.29, 0.717) is 5.75 Å². The summed E-state index contributed by atoms with van der Waals surface area (Å²) in [6.07, 6.45) is 0. The molecule has 7 heteroatoms. The van der Waals surface area contributed by atoms with Gasteiger partial charge in [0.1, 0.15) is 20.8 Å². The number of carbonyl (C=O) groups excluding carboxylic acids is 2. The molecule has 1 heterocycles. The molecule has 20 heavy (non-hydrogen) atoms. The summed E-state index contributed by atoms with van der Waals surface area (Å²) in [5.74, 6) is 0.204. The van der Waals surface area contributed by atoms with Gasteiger partial charge in [-0.2, -0.15) is 0 Å². The molecule has 0 fully saturated rings. The van der Waals surface area contributed by atoms with Crippen LogP contribution in [0.2, 0.25) is 0 Å². The average Bonchev–Trinajstić information content (AvgIpc) is 2.73. The third-order valence-electron chi connectivity index (χ3n) is 2.36. The molecule has 0 N–H and O–H groups in total. The zero-order chi connectivity index (χ0) is 15.6. The molecule has 0 bridgehead atoms. The first kappa shape index (κ1) is 17.9. The van der Waals surface area contributed by atoms with E-state index < -0.39 is 10.3 Å². The Morgan fingerprint density at radius 2 is 2.00 bits per heavy atom. The number of aliphatic imine (C=N–C) groups is 1. The van der Waals surface area contributed by atoms with Gasteiger partial charge in [0, 0.05) is 5.75 Å². The topological polar surface area (TPSA) is 55.7 Å². The molecule has 0 saturated heterocycles. The van der Waals surface area contributed by atoms with Gasteiger partial charge in [-0.1, -0.05) is 23.5 Å². The van der Waals surface area contributed by atoms with Crippen molar-refractivity contribution in [3.8, 4) is 0 Å². The van der Waals surface area contributed by atoms with Crippen molar-refractivity contribution in [2.75, 3.05) is 11.6 Å². The largest absolute Gasteiger partial charge is 0.459 e. The second-order valence-electron chi connectivity index (χ2n) is 5.94. The number of hydrogen-bond donors (Lipinski definition) is 0. The first-order valence-corrected chi connectivity index (χ1v) is 8.60. The van der Waals surface area contributed by atoms with Crippen molar-refractivity contribution in [1.29, 1.82) is 0 Å². The number of halogens is 1. The van der Waals surface area contributed by atoms with Crippen molar-refractivity contribution in [2.24, 2.45) is 4.99 Å². The zero-order valence-electron chi connectivity index (χ0n) is 12.4. The van der Waals surface area contributed by atoms with E-state index in [0.717, 1.165) is 4.38 Å². The minimum atomic E-state index is -0.738. The molecule has 0 aliphatic carbocycles. The Labute approximate surface area is 133 Å². The van der Waals surface area contributed by atoms with Gasteiger partial charge >= 0.3 is 5.97 Å². The van der Waals surface area contributed by atoms with Gasteiger partial charge in [0.15, 0.2) is 5.78 Å². The summed E-state index contributed by atoms with van der Waals surface area (Å²) in [6, 6.07) is -0.380. The lowest BCUT2D eigenvalue weighted by atomic mass is 10.1. The Kier molecular flexibility index (Phi) is 5.99. The lowest BCUT2D eigenvalue weighted by Crippen LogP contribution is -2.36. The van der Waals surface area contributed by atoms with Gasteiger partial charge in [-0.3, -0.25) is 14.6 Å². The fraction of sp³-hybridized carbons (Fsp3) is 0.769. The second kappa shape index (κ2) is 6.71. The molecule has 0 aromatic rings. The number of thioether (sulfide) groups is 2. The highest BCUT2D eigenvalue weighted by molar-refractivity contribution is 8.39. The van der Waals surface area contributed by atoms with Crippen molar-refractivity contribution in [3.63, 3.8) is 0 Å². The molecule has 0 aromatic carbocycles. The van der Waals surface area contributed by atoms with Crippen molar-refractivity contribution in [2.45, 2.75) is 51.0 Å². The number of Topliss-reactive ketones (excluding diaryl/α,β-unsaturated/α-hetero) is 1. The van der Waals surface area contributed by atoms with Crippen LogP contribution in [-0.2, 0) is 14.3 Å². The Hall–Kier alpha value is -0.200. The van der Waals surface area contributed by atoms with Crippen molar-refractivity contribution >= 4 is 51.3 Å². The quantitative estimate of drug-likeness (QED) is 0.582. The van der Waals surface area contributed by atoms with E-state index in [2.05, 4.69) is 4.99 Å². The maximum Gasteiger partial charge on any atom is 0.322 e. The fourth-order valence-corrected chi connectivity index (χ4v) is 4.07.